The summed E-state index contributed by atoms with van der Waals surface area (Å²) in [6, 6.07) is 15.1. The van der Waals surface area contributed by atoms with Crippen LogP contribution in [0.25, 0.3) is 22.9 Å². The molecule has 0 radical (unpaired) electrons. The van der Waals surface area contributed by atoms with Crippen molar-refractivity contribution in [3.05, 3.63) is 93.2 Å². The summed E-state index contributed by atoms with van der Waals surface area (Å²) in [5.74, 6) is -0.105. The van der Waals surface area contributed by atoms with Crippen molar-refractivity contribution in [2.24, 2.45) is 4.99 Å². The molecule has 4 N–H and O–H groups in total. The molecule has 40 heavy (non-hydrogen) atoms. The Balaban J connectivity index is 1.35. The number of aromatic hydroxyl groups is 1. The van der Waals surface area contributed by atoms with E-state index in [2.05, 4.69) is 25.1 Å². The van der Waals surface area contributed by atoms with Crippen molar-refractivity contribution in [1.82, 2.24) is 24.6 Å². The van der Waals surface area contributed by atoms with Gasteiger partial charge in [-0.05, 0) is 47.7 Å². The summed E-state index contributed by atoms with van der Waals surface area (Å²) in [5.41, 5.74) is 2.81. The number of hydrogen-bond donors (Lipinski definition) is 4. The van der Waals surface area contributed by atoms with Crippen LogP contribution in [0.2, 0.25) is 0 Å². The first-order valence-corrected chi connectivity index (χ1v) is 12.4. The number of aromatic amines is 2. The van der Waals surface area contributed by atoms with Crippen LogP contribution in [0, 0.1) is 0 Å². The highest BCUT2D eigenvalue weighted by molar-refractivity contribution is 5.69. The van der Waals surface area contributed by atoms with Crippen molar-refractivity contribution >= 4 is 17.5 Å². The molecule has 204 valence electrons. The van der Waals surface area contributed by atoms with Crippen molar-refractivity contribution < 1.29 is 23.0 Å². The number of imidazole rings is 1. The molecule has 0 bridgehead atoms. The van der Waals surface area contributed by atoms with E-state index < -0.39 is 12.1 Å². The lowest BCUT2D eigenvalue weighted by Crippen LogP contribution is -2.20. The minimum absolute atomic E-state index is 0.186. The number of ether oxygens (including phenoxy) is 1. The number of benzene rings is 2. The van der Waals surface area contributed by atoms with E-state index in [1.54, 1.807) is 28.9 Å². The molecule has 3 aromatic heterocycles. The second-order valence-electron chi connectivity index (χ2n) is 9.27. The first-order valence-electron chi connectivity index (χ1n) is 12.4. The third-order valence-corrected chi connectivity index (χ3v) is 6.23. The van der Waals surface area contributed by atoms with Gasteiger partial charge in [-0.25, -0.2) is 9.78 Å². The number of aromatic nitrogens is 5. The maximum Gasteiger partial charge on any atom is 0.573 e. The van der Waals surface area contributed by atoms with Gasteiger partial charge in [0.1, 0.15) is 17.3 Å². The van der Waals surface area contributed by atoms with E-state index in [4.69, 9.17) is 9.98 Å². The molecule has 10 nitrogen and oxygen atoms in total. The summed E-state index contributed by atoms with van der Waals surface area (Å²) >= 11 is 0. The van der Waals surface area contributed by atoms with Gasteiger partial charge < -0.3 is 20.1 Å². The van der Waals surface area contributed by atoms with Gasteiger partial charge in [-0.3, -0.25) is 9.98 Å². The lowest BCUT2D eigenvalue weighted by atomic mass is 9.99. The van der Waals surface area contributed by atoms with Crippen LogP contribution >= 0.6 is 0 Å². The van der Waals surface area contributed by atoms with Gasteiger partial charge in [-0.2, -0.15) is 9.61 Å². The maximum atomic E-state index is 12.8. The molecule has 3 heterocycles. The first-order chi connectivity index (χ1) is 19.2. The summed E-state index contributed by atoms with van der Waals surface area (Å²) in [5, 5.41) is 18.2. The highest BCUT2D eigenvalue weighted by Gasteiger charge is 2.31. The summed E-state index contributed by atoms with van der Waals surface area (Å²) in [6.07, 6.45) is 0.296. The van der Waals surface area contributed by atoms with Crippen LogP contribution in [-0.4, -0.2) is 42.1 Å². The van der Waals surface area contributed by atoms with Gasteiger partial charge in [0.05, 0.1) is 12.2 Å². The van der Waals surface area contributed by atoms with Crippen LogP contribution < -0.4 is 26.4 Å². The van der Waals surface area contributed by atoms with E-state index in [0.717, 1.165) is 24.0 Å². The SMILES string of the molecule is O=c1[nH]c(O)c(C=c2cnn3c(=NC4CC4)cc(NCc4ccccc4-c4cccc(OC(F)(F)F)c4)nc23)[nH]1. The zero-order valence-corrected chi connectivity index (χ0v) is 20.7. The molecule has 0 atom stereocenters. The summed E-state index contributed by atoms with van der Waals surface area (Å²) in [7, 11) is 0. The molecular weight excluding hydrogens is 527 g/mol. The van der Waals surface area contributed by atoms with Crippen LogP contribution in [0.5, 0.6) is 11.6 Å². The number of anilines is 1. The quantitative estimate of drug-likeness (QED) is 0.247. The molecule has 5 aromatic rings. The Morgan fingerprint density at radius 2 is 1.98 bits per heavy atom. The van der Waals surface area contributed by atoms with Gasteiger partial charge in [0.2, 0.25) is 5.88 Å². The molecule has 0 unspecified atom stereocenters. The normalized spacial score (nSPS) is 14.7. The Bertz CT molecular complexity index is 1890. The lowest BCUT2D eigenvalue weighted by molar-refractivity contribution is -0.274. The van der Waals surface area contributed by atoms with E-state index >= 15 is 0 Å². The van der Waals surface area contributed by atoms with Crippen molar-refractivity contribution in [2.75, 3.05) is 5.32 Å². The number of nitrogens with zero attached hydrogens (tertiary/aromatic N) is 4. The molecule has 1 fully saturated rings. The van der Waals surface area contributed by atoms with Crippen LogP contribution in [0.15, 0.2) is 70.6 Å². The van der Waals surface area contributed by atoms with Gasteiger partial charge in [0.15, 0.2) is 11.1 Å². The zero-order valence-electron chi connectivity index (χ0n) is 20.7. The molecule has 6 rings (SSSR count). The van der Waals surface area contributed by atoms with Crippen molar-refractivity contribution in [3.8, 4) is 22.8 Å². The van der Waals surface area contributed by atoms with Crippen molar-refractivity contribution in [2.45, 2.75) is 31.8 Å². The van der Waals surface area contributed by atoms with Crippen LogP contribution in [0.1, 0.15) is 24.1 Å². The molecule has 0 spiro atoms. The minimum atomic E-state index is -4.79. The van der Waals surface area contributed by atoms with Gasteiger partial charge in [0, 0.05) is 17.8 Å². The van der Waals surface area contributed by atoms with E-state index in [1.807, 2.05) is 24.3 Å². The first kappa shape index (κ1) is 25.2. The number of alkyl halides is 3. The third-order valence-electron chi connectivity index (χ3n) is 6.23. The molecule has 1 aliphatic rings. The third kappa shape index (κ3) is 5.53. The lowest BCUT2D eigenvalue weighted by Gasteiger charge is -2.14. The summed E-state index contributed by atoms with van der Waals surface area (Å²) in [6.45, 7) is 0.311. The standard InChI is InChI=1S/C27H22F3N7O3/c28-27(29,30)40-19-6-3-5-15(10-19)20-7-2-1-4-16(20)13-31-22-12-23(33-18-8-9-18)37-24(35-22)17(14-32-37)11-21-25(38)36-26(39)34-21/h1-7,10-12,14,18,31,38H,8-9,13H2,(H2,34,36,39). The van der Waals surface area contributed by atoms with Gasteiger partial charge in [0.25, 0.3) is 0 Å². The Labute approximate surface area is 223 Å². The predicted octanol–water partition coefficient (Wildman–Crippen LogP) is 3.24. The zero-order chi connectivity index (χ0) is 27.9. The van der Waals surface area contributed by atoms with Crippen molar-refractivity contribution in [1.29, 1.82) is 0 Å². The molecule has 0 amide bonds. The molecule has 1 saturated carbocycles. The predicted molar refractivity (Wildman–Crippen MR) is 139 cm³/mol. The molecule has 1 aliphatic carbocycles. The highest BCUT2D eigenvalue weighted by Crippen LogP contribution is 2.30. The topological polar surface area (TPSA) is 133 Å². The van der Waals surface area contributed by atoms with Gasteiger partial charge >= 0.3 is 12.1 Å². The Morgan fingerprint density at radius 3 is 2.73 bits per heavy atom. The monoisotopic (exact) mass is 549 g/mol. The van der Waals surface area contributed by atoms with Gasteiger partial charge in [-0.15, -0.1) is 13.2 Å². The van der Waals surface area contributed by atoms with E-state index in [0.29, 0.717) is 34.3 Å². The maximum absolute atomic E-state index is 12.8. The largest absolute Gasteiger partial charge is 0.573 e. The minimum Gasteiger partial charge on any atom is -0.493 e. The number of rotatable bonds is 7. The fourth-order valence-corrected chi connectivity index (χ4v) is 4.29. The summed E-state index contributed by atoms with van der Waals surface area (Å²) in [4.78, 5) is 25.8. The second kappa shape index (κ2) is 9.91. The Hall–Kier alpha value is -5.07. The fraction of sp³-hybridized carbons (Fsp3) is 0.185. The number of H-pyrrole nitrogens is 2. The number of nitrogens with one attached hydrogen (secondary N) is 3. The Kier molecular flexibility index (Phi) is 6.25. The summed E-state index contributed by atoms with van der Waals surface area (Å²) < 4.78 is 43.9. The average molecular weight is 550 g/mol. The van der Waals surface area contributed by atoms with Gasteiger partial charge in [-0.1, -0.05) is 36.4 Å². The number of fused-ring (bicyclic) bond motifs is 1. The molecule has 2 aromatic carbocycles. The smallest absolute Gasteiger partial charge is 0.493 e. The molecule has 0 aliphatic heterocycles. The molecule has 0 saturated heterocycles. The second-order valence-corrected chi connectivity index (χ2v) is 9.27. The van der Waals surface area contributed by atoms with E-state index in [9.17, 15) is 23.1 Å². The molecular formula is C27H22F3N7O3. The van der Waals surface area contributed by atoms with E-state index in [1.165, 1.54) is 18.2 Å². The molecule has 13 heteroatoms. The number of halogens is 3. The van der Waals surface area contributed by atoms with E-state index in [-0.39, 0.29) is 23.4 Å². The van der Waals surface area contributed by atoms with Crippen LogP contribution in [-0.2, 0) is 6.54 Å². The Morgan fingerprint density at radius 1 is 1.15 bits per heavy atom. The van der Waals surface area contributed by atoms with Crippen LogP contribution in [0.3, 0.4) is 0 Å². The van der Waals surface area contributed by atoms with Crippen LogP contribution in [0.4, 0.5) is 19.0 Å². The highest BCUT2D eigenvalue weighted by atomic mass is 19.4. The average Bonchev–Trinajstić information content (AvgIpc) is 3.54. The number of hydrogen-bond acceptors (Lipinski definition) is 7. The van der Waals surface area contributed by atoms with Crippen molar-refractivity contribution in [3.63, 3.8) is 0 Å². The fourth-order valence-electron chi connectivity index (χ4n) is 4.29.